The van der Waals surface area contributed by atoms with Gasteiger partial charge in [-0.05, 0) is 36.5 Å². The highest BCUT2D eigenvalue weighted by molar-refractivity contribution is 5.30. The third-order valence-corrected chi connectivity index (χ3v) is 4.22. The molecule has 1 aromatic heterocycles. The quantitative estimate of drug-likeness (QED) is 0.918. The zero-order valence-electron chi connectivity index (χ0n) is 12.6. The third-order valence-electron chi connectivity index (χ3n) is 4.22. The van der Waals surface area contributed by atoms with Gasteiger partial charge in [0, 0.05) is 32.5 Å². The number of hydrogen-bond acceptors (Lipinski definition) is 3. The Morgan fingerprint density at radius 3 is 2.71 bits per heavy atom. The van der Waals surface area contributed by atoms with Crippen molar-refractivity contribution in [3.63, 3.8) is 0 Å². The smallest absolute Gasteiger partial charge is 0.0766 e. The van der Waals surface area contributed by atoms with Crippen LogP contribution in [0, 0.1) is 5.41 Å². The lowest BCUT2D eigenvalue weighted by molar-refractivity contribution is 0.0239. The Balaban J connectivity index is 1.53. The van der Waals surface area contributed by atoms with E-state index in [1.54, 1.807) is 0 Å². The SMILES string of the molecule is CC1(CNCc2ccn(-c3ccccc3)n2)CCOCC1. The minimum absolute atomic E-state index is 0.361. The van der Waals surface area contributed by atoms with Gasteiger partial charge >= 0.3 is 0 Å². The van der Waals surface area contributed by atoms with Crippen LogP contribution in [0.3, 0.4) is 0 Å². The van der Waals surface area contributed by atoms with Crippen LogP contribution < -0.4 is 5.32 Å². The minimum atomic E-state index is 0.361. The molecule has 1 aliphatic heterocycles. The molecule has 1 fully saturated rings. The van der Waals surface area contributed by atoms with Gasteiger partial charge in [0.25, 0.3) is 0 Å². The summed E-state index contributed by atoms with van der Waals surface area (Å²) in [5.41, 5.74) is 2.54. The highest BCUT2D eigenvalue weighted by Gasteiger charge is 2.26. The van der Waals surface area contributed by atoms with E-state index in [4.69, 9.17) is 4.74 Å². The lowest BCUT2D eigenvalue weighted by atomic mass is 9.82. The fourth-order valence-electron chi connectivity index (χ4n) is 2.71. The second-order valence-electron chi connectivity index (χ2n) is 6.11. The fourth-order valence-corrected chi connectivity index (χ4v) is 2.71. The van der Waals surface area contributed by atoms with E-state index < -0.39 is 0 Å². The van der Waals surface area contributed by atoms with E-state index >= 15 is 0 Å². The Morgan fingerprint density at radius 2 is 1.95 bits per heavy atom. The van der Waals surface area contributed by atoms with Gasteiger partial charge in [-0.15, -0.1) is 0 Å². The van der Waals surface area contributed by atoms with Gasteiger partial charge in [0.2, 0.25) is 0 Å². The first kappa shape index (κ1) is 14.3. The van der Waals surface area contributed by atoms with E-state index in [1.807, 2.05) is 29.1 Å². The summed E-state index contributed by atoms with van der Waals surface area (Å²) < 4.78 is 7.36. The normalized spacial score (nSPS) is 17.8. The molecule has 2 heterocycles. The predicted molar refractivity (Wildman–Crippen MR) is 83.4 cm³/mol. The summed E-state index contributed by atoms with van der Waals surface area (Å²) in [5.74, 6) is 0. The van der Waals surface area contributed by atoms with Crippen LogP contribution in [0.2, 0.25) is 0 Å². The molecule has 0 aliphatic carbocycles. The molecule has 1 N–H and O–H groups in total. The van der Waals surface area contributed by atoms with Crippen LogP contribution in [0.4, 0.5) is 0 Å². The average Bonchev–Trinajstić information content (AvgIpc) is 2.98. The number of ether oxygens (including phenoxy) is 1. The van der Waals surface area contributed by atoms with Gasteiger partial charge in [0.1, 0.15) is 0 Å². The maximum Gasteiger partial charge on any atom is 0.0766 e. The van der Waals surface area contributed by atoms with Crippen LogP contribution in [0.15, 0.2) is 42.6 Å². The van der Waals surface area contributed by atoms with E-state index in [0.717, 1.165) is 50.5 Å². The van der Waals surface area contributed by atoms with Crippen molar-refractivity contribution in [2.45, 2.75) is 26.3 Å². The molecule has 0 atom stereocenters. The second kappa shape index (κ2) is 6.41. The molecule has 0 spiro atoms. The van der Waals surface area contributed by atoms with Gasteiger partial charge in [-0.2, -0.15) is 5.10 Å². The van der Waals surface area contributed by atoms with Crippen molar-refractivity contribution in [3.05, 3.63) is 48.3 Å². The van der Waals surface area contributed by atoms with Gasteiger partial charge in [0.15, 0.2) is 0 Å². The number of aromatic nitrogens is 2. The van der Waals surface area contributed by atoms with Crippen molar-refractivity contribution in [1.82, 2.24) is 15.1 Å². The molecule has 1 saturated heterocycles. The number of para-hydroxylation sites is 1. The highest BCUT2D eigenvalue weighted by atomic mass is 16.5. The first-order valence-electron chi connectivity index (χ1n) is 7.64. The molecule has 4 heteroatoms. The summed E-state index contributed by atoms with van der Waals surface area (Å²) in [5, 5.41) is 8.16. The van der Waals surface area contributed by atoms with E-state index in [9.17, 15) is 0 Å². The first-order chi connectivity index (χ1) is 10.3. The van der Waals surface area contributed by atoms with Crippen molar-refractivity contribution in [2.75, 3.05) is 19.8 Å². The van der Waals surface area contributed by atoms with Crippen LogP contribution in [0.1, 0.15) is 25.5 Å². The number of hydrogen-bond donors (Lipinski definition) is 1. The minimum Gasteiger partial charge on any atom is -0.381 e. The molecule has 1 aliphatic rings. The standard InChI is InChI=1S/C17H23N3O/c1-17(8-11-21-12-9-17)14-18-13-15-7-10-20(19-15)16-5-3-2-4-6-16/h2-7,10,18H,8-9,11-14H2,1H3. The Hall–Kier alpha value is -1.65. The molecule has 0 bridgehead atoms. The molecule has 112 valence electrons. The molecular formula is C17H23N3O. The van der Waals surface area contributed by atoms with Gasteiger partial charge in [0.05, 0.1) is 11.4 Å². The molecule has 3 rings (SSSR count). The van der Waals surface area contributed by atoms with E-state index in [-0.39, 0.29) is 0 Å². The van der Waals surface area contributed by atoms with Crippen LogP contribution in [0.25, 0.3) is 5.69 Å². The van der Waals surface area contributed by atoms with Crippen molar-refractivity contribution in [1.29, 1.82) is 0 Å². The average molecular weight is 285 g/mol. The van der Waals surface area contributed by atoms with E-state index in [2.05, 4.69) is 35.5 Å². The summed E-state index contributed by atoms with van der Waals surface area (Å²) in [7, 11) is 0. The summed E-state index contributed by atoms with van der Waals surface area (Å²) in [4.78, 5) is 0. The van der Waals surface area contributed by atoms with E-state index in [1.165, 1.54) is 0 Å². The Bertz CT molecular complexity index is 558. The van der Waals surface area contributed by atoms with Crippen molar-refractivity contribution in [3.8, 4) is 5.69 Å². The van der Waals surface area contributed by atoms with Gasteiger partial charge < -0.3 is 10.1 Å². The molecule has 0 radical (unpaired) electrons. The predicted octanol–water partition coefficient (Wildman–Crippen LogP) is 2.78. The number of nitrogens with one attached hydrogen (secondary N) is 1. The topological polar surface area (TPSA) is 39.1 Å². The monoisotopic (exact) mass is 285 g/mol. The molecule has 4 nitrogen and oxygen atoms in total. The molecular weight excluding hydrogens is 262 g/mol. The van der Waals surface area contributed by atoms with Gasteiger partial charge in [-0.25, -0.2) is 4.68 Å². The van der Waals surface area contributed by atoms with Gasteiger partial charge in [-0.3, -0.25) is 0 Å². The Labute approximate surface area is 126 Å². The van der Waals surface area contributed by atoms with Crippen LogP contribution in [-0.4, -0.2) is 29.5 Å². The molecule has 1 aromatic carbocycles. The molecule has 0 amide bonds. The van der Waals surface area contributed by atoms with Crippen LogP contribution in [0.5, 0.6) is 0 Å². The number of nitrogens with zero attached hydrogens (tertiary/aromatic N) is 2. The van der Waals surface area contributed by atoms with Crippen molar-refractivity contribution in [2.24, 2.45) is 5.41 Å². The lowest BCUT2D eigenvalue weighted by Gasteiger charge is -2.33. The molecule has 2 aromatic rings. The molecule has 21 heavy (non-hydrogen) atoms. The summed E-state index contributed by atoms with van der Waals surface area (Å²) >= 11 is 0. The lowest BCUT2D eigenvalue weighted by Crippen LogP contribution is -2.36. The first-order valence-corrected chi connectivity index (χ1v) is 7.64. The van der Waals surface area contributed by atoms with Crippen LogP contribution in [-0.2, 0) is 11.3 Å². The number of rotatable bonds is 5. The number of benzene rings is 1. The summed E-state index contributed by atoms with van der Waals surface area (Å²) in [6.07, 6.45) is 4.29. The Morgan fingerprint density at radius 1 is 1.19 bits per heavy atom. The molecule has 0 saturated carbocycles. The summed E-state index contributed by atoms with van der Waals surface area (Å²) in [6.45, 7) is 5.96. The molecule has 0 unspecified atom stereocenters. The van der Waals surface area contributed by atoms with E-state index in [0.29, 0.717) is 5.41 Å². The fraction of sp³-hybridized carbons (Fsp3) is 0.471. The van der Waals surface area contributed by atoms with Crippen molar-refractivity contribution < 1.29 is 4.74 Å². The highest BCUT2D eigenvalue weighted by Crippen LogP contribution is 2.28. The largest absolute Gasteiger partial charge is 0.381 e. The zero-order valence-corrected chi connectivity index (χ0v) is 12.6. The Kier molecular flexibility index (Phi) is 4.36. The van der Waals surface area contributed by atoms with Crippen molar-refractivity contribution >= 4 is 0 Å². The summed E-state index contributed by atoms with van der Waals surface area (Å²) in [6, 6.07) is 12.3. The maximum absolute atomic E-state index is 5.44. The van der Waals surface area contributed by atoms with Crippen LogP contribution >= 0.6 is 0 Å². The van der Waals surface area contributed by atoms with Gasteiger partial charge in [-0.1, -0.05) is 25.1 Å². The zero-order chi connectivity index (χ0) is 14.5. The second-order valence-corrected chi connectivity index (χ2v) is 6.11. The maximum atomic E-state index is 5.44. The third kappa shape index (κ3) is 3.71.